The Morgan fingerprint density at radius 1 is 1.00 bits per heavy atom. The van der Waals surface area contributed by atoms with Crippen LogP contribution in [-0.4, -0.2) is 4.98 Å². The lowest BCUT2D eigenvalue weighted by atomic mass is 10.1. The van der Waals surface area contributed by atoms with E-state index in [1.165, 1.54) is 5.39 Å². The molecule has 19 heavy (non-hydrogen) atoms. The summed E-state index contributed by atoms with van der Waals surface area (Å²) in [6, 6.07) is 15.6. The predicted octanol–water partition coefficient (Wildman–Crippen LogP) is 3.40. The molecule has 1 heterocycles. The number of anilines is 1. The summed E-state index contributed by atoms with van der Waals surface area (Å²) in [6.45, 7) is 0.484. The molecule has 3 heteroatoms. The van der Waals surface area contributed by atoms with E-state index in [9.17, 15) is 0 Å². The quantitative estimate of drug-likeness (QED) is 0.725. The largest absolute Gasteiger partial charge is 0.489 e. The molecular formula is C16H14N2O. The van der Waals surface area contributed by atoms with Crippen LogP contribution in [0.1, 0.15) is 5.56 Å². The van der Waals surface area contributed by atoms with Gasteiger partial charge < -0.3 is 10.5 Å². The molecule has 0 fully saturated rings. The van der Waals surface area contributed by atoms with Gasteiger partial charge in [-0.2, -0.15) is 0 Å². The van der Waals surface area contributed by atoms with Crippen LogP contribution in [0.3, 0.4) is 0 Å². The van der Waals surface area contributed by atoms with E-state index in [1.807, 2.05) is 54.9 Å². The Bertz CT molecular complexity index is 704. The fourth-order valence-corrected chi connectivity index (χ4v) is 2.06. The highest BCUT2D eigenvalue weighted by molar-refractivity contribution is 5.84. The summed E-state index contributed by atoms with van der Waals surface area (Å²) in [5, 5.41) is 2.29. The van der Waals surface area contributed by atoms with Crippen LogP contribution in [0.15, 0.2) is 60.9 Å². The molecule has 3 rings (SSSR count). The number of hydrogen-bond donors (Lipinski definition) is 1. The van der Waals surface area contributed by atoms with Crippen molar-refractivity contribution in [2.24, 2.45) is 0 Å². The monoisotopic (exact) mass is 250 g/mol. The Kier molecular flexibility index (Phi) is 3.02. The molecule has 0 atom stereocenters. The van der Waals surface area contributed by atoms with E-state index in [-0.39, 0.29) is 0 Å². The summed E-state index contributed by atoms with van der Waals surface area (Å²) < 4.78 is 5.76. The minimum absolute atomic E-state index is 0.484. The molecule has 2 aromatic carbocycles. The third-order valence-corrected chi connectivity index (χ3v) is 3.00. The van der Waals surface area contributed by atoms with Crippen LogP contribution in [-0.2, 0) is 6.61 Å². The standard InChI is InChI=1S/C16H14N2O/c17-14-5-3-6-15(8-14)19-11-13-10-18-9-12-4-1-2-7-16(12)13/h1-10H,11,17H2. The number of pyridine rings is 1. The number of fused-ring (bicyclic) bond motifs is 1. The second kappa shape index (κ2) is 4.98. The molecule has 2 N–H and O–H groups in total. The zero-order chi connectivity index (χ0) is 13.1. The summed E-state index contributed by atoms with van der Waals surface area (Å²) in [5.74, 6) is 0.771. The molecule has 1 aromatic heterocycles. The van der Waals surface area contributed by atoms with E-state index in [0.717, 1.165) is 16.7 Å². The first-order valence-corrected chi connectivity index (χ1v) is 6.13. The van der Waals surface area contributed by atoms with Crippen LogP contribution >= 0.6 is 0 Å². The van der Waals surface area contributed by atoms with Crippen LogP contribution in [0.2, 0.25) is 0 Å². The smallest absolute Gasteiger partial charge is 0.121 e. The van der Waals surface area contributed by atoms with Crippen LogP contribution in [0.4, 0.5) is 5.69 Å². The van der Waals surface area contributed by atoms with Gasteiger partial charge in [0.15, 0.2) is 0 Å². The number of benzene rings is 2. The maximum absolute atomic E-state index is 5.76. The summed E-state index contributed by atoms with van der Waals surface area (Å²) in [6.07, 6.45) is 3.70. The first-order chi connectivity index (χ1) is 9.33. The fourth-order valence-electron chi connectivity index (χ4n) is 2.06. The van der Waals surface area contributed by atoms with Crippen molar-refractivity contribution in [3.05, 3.63) is 66.5 Å². The van der Waals surface area contributed by atoms with Crippen molar-refractivity contribution in [3.8, 4) is 5.75 Å². The van der Waals surface area contributed by atoms with Gasteiger partial charge >= 0.3 is 0 Å². The molecule has 0 amide bonds. The second-order valence-corrected chi connectivity index (χ2v) is 4.38. The van der Waals surface area contributed by atoms with Crippen LogP contribution < -0.4 is 10.5 Å². The van der Waals surface area contributed by atoms with E-state index in [4.69, 9.17) is 10.5 Å². The summed E-state index contributed by atoms with van der Waals surface area (Å²) >= 11 is 0. The number of nitrogens with zero attached hydrogens (tertiary/aromatic N) is 1. The van der Waals surface area contributed by atoms with Crippen molar-refractivity contribution >= 4 is 16.5 Å². The molecule has 3 aromatic rings. The molecule has 0 unspecified atom stereocenters. The highest BCUT2D eigenvalue weighted by atomic mass is 16.5. The highest BCUT2D eigenvalue weighted by Crippen LogP contribution is 2.20. The van der Waals surface area contributed by atoms with E-state index in [2.05, 4.69) is 11.1 Å². The Morgan fingerprint density at radius 2 is 1.89 bits per heavy atom. The van der Waals surface area contributed by atoms with E-state index < -0.39 is 0 Å². The number of ether oxygens (including phenoxy) is 1. The van der Waals surface area contributed by atoms with Gasteiger partial charge in [-0.1, -0.05) is 30.3 Å². The Morgan fingerprint density at radius 3 is 2.79 bits per heavy atom. The topological polar surface area (TPSA) is 48.1 Å². The number of nitrogens with two attached hydrogens (primary N) is 1. The molecule has 0 radical (unpaired) electrons. The molecule has 0 aliphatic rings. The van der Waals surface area contributed by atoms with Gasteiger partial charge in [0.25, 0.3) is 0 Å². The number of rotatable bonds is 3. The van der Waals surface area contributed by atoms with Gasteiger partial charge in [0.2, 0.25) is 0 Å². The van der Waals surface area contributed by atoms with Crippen LogP contribution in [0.25, 0.3) is 10.8 Å². The molecule has 0 spiro atoms. The zero-order valence-electron chi connectivity index (χ0n) is 10.4. The molecule has 0 saturated carbocycles. The molecule has 0 aliphatic carbocycles. The van der Waals surface area contributed by atoms with Gasteiger partial charge in [0.1, 0.15) is 12.4 Å². The SMILES string of the molecule is Nc1cccc(OCc2cncc3ccccc23)c1. The van der Waals surface area contributed by atoms with Gasteiger partial charge in [-0.3, -0.25) is 4.98 Å². The van der Waals surface area contributed by atoms with Gasteiger partial charge in [-0.25, -0.2) is 0 Å². The van der Waals surface area contributed by atoms with Crippen molar-refractivity contribution < 1.29 is 4.74 Å². The van der Waals surface area contributed by atoms with E-state index in [0.29, 0.717) is 12.3 Å². The molecule has 0 aliphatic heterocycles. The third kappa shape index (κ3) is 2.50. The van der Waals surface area contributed by atoms with E-state index in [1.54, 1.807) is 0 Å². The second-order valence-electron chi connectivity index (χ2n) is 4.38. The summed E-state index contributed by atoms with van der Waals surface area (Å²) in [7, 11) is 0. The third-order valence-electron chi connectivity index (χ3n) is 3.00. The van der Waals surface area contributed by atoms with Gasteiger partial charge in [0, 0.05) is 35.1 Å². The fraction of sp³-hybridized carbons (Fsp3) is 0.0625. The van der Waals surface area contributed by atoms with Gasteiger partial charge in [-0.15, -0.1) is 0 Å². The van der Waals surface area contributed by atoms with Crippen LogP contribution in [0, 0.1) is 0 Å². The summed E-state index contributed by atoms with van der Waals surface area (Å²) in [5.41, 5.74) is 7.50. The van der Waals surface area contributed by atoms with Gasteiger partial charge in [-0.05, 0) is 17.5 Å². The molecular weight excluding hydrogens is 236 g/mol. The average molecular weight is 250 g/mol. The lowest BCUT2D eigenvalue weighted by molar-refractivity contribution is 0.307. The lowest BCUT2D eigenvalue weighted by Gasteiger charge is -2.09. The van der Waals surface area contributed by atoms with Gasteiger partial charge in [0.05, 0.1) is 0 Å². The van der Waals surface area contributed by atoms with Crippen molar-refractivity contribution in [3.63, 3.8) is 0 Å². The minimum Gasteiger partial charge on any atom is -0.489 e. The van der Waals surface area contributed by atoms with Crippen LogP contribution in [0.5, 0.6) is 5.75 Å². The maximum Gasteiger partial charge on any atom is 0.121 e. The first kappa shape index (κ1) is 11.5. The number of hydrogen-bond acceptors (Lipinski definition) is 3. The molecule has 0 bridgehead atoms. The normalized spacial score (nSPS) is 10.5. The van der Waals surface area contributed by atoms with Crippen molar-refractivity contribution in [2.45, 2.75) is 6.61 Å². The Labute approximate surface area is 111 Å². The minimum atomic E-state index is 0.484. The summed E-state index contributed by atoms with van der Waals surface area (Å²) in [4.78, 5) is 4.24. The number of nitrogen functional groups attached to an aromatic ring is 1. The van der Waals surface area contributed by atoms with Crippen molar-refractivity contribution in [1.82, 2.24) is 4.98 Å². The number of aromatic nitrogens is 1. The zero-order valence-corrected chi connectivity index (χ0v) is 10.4. The lowest BCUT2D eigenvalue weighted by Crippen LogP contribution is -1.97. The Balaban J connectivity index is 1.86. The van der Waals surface area contributed by atoms with E-state index >= 15 is 0 Å². The molecule has 0 saturated heterocycles. The molecule has 3 nitrogen and oxygen atoms in total. The molecule has 94 valence electrons. The first-order valence-electron chi connectivity index (χ1n) is 6.13. The predicted molar refractivity (Wildman–Crippen MR) is 76.9 cm³/mol. The van der Waals surface area contributed by atoms with Crippen molar-refractivity contribution in [1.29, 1.82) is 0 Å². The van der Waals surface area contributed by atoms with Crippen molar-refractivity contribution in [2.75, 3.05) is 5.73 Å². The maximum atomic E-state index is 5.76. The highest BCUT2D eigenvalue weighted by Gasteiger charge is 2.02. The Hall–Kier alpha value is -2.55. The average Bonchev–Trinajstić information content (AvgIpc) is 2.45.